The summed E-state index contributed by atoms with van der Waals surface area (Å²) in [5.74, 6) is -3.65. The normalized spacial score (nSPS) is 12.0. The lowest BCUT2D eigenvalue weighted by molar-refractivity contribution is -0.145. The van der Waals surface area contributed by atoms with Crippen LogP contribution in [0, 0.1) is 11.6 Å². The highest BCUT2D eigenvalue weighted by molar-refractivity contribution is 6.00. The highest BCUT2D eigenvalue weighted by Gasteiger charge is 2.22. The zero-order chi connectivity index (χ0) is 19.6. The quantitative estimate of drug-likeness (QED) is 0.549. The van der Waals surface area contributed by atoms with E-state index in [9.17, 15) is 23.2 Å². The van der Waals surface area contributed by atoms with Gasteiger partial charge >= 0.3 is 5.97 Å². The van der Waals surface area contributed by atoms with Gasteiger partial charge in [0, 0.05) is 10.9 Å². The second-order valence-electron chi connectivity index (χ2n) is 5.85. The number of benzene rings is 2. The first kappa shape index (κ1) is 18.4. The monoisotopic (exact) mass is 372 g/mol. The number of carbonyl (C=O) groups is 2. The van der Waals surface area contributed by atoms with Crippen LogP contribution in [0.4, 0.5) is 8.78 Å². The summed E-state index contributed by atoms with van der Waals surface area (Å²) in [6.45, 7) is 1.33. The third kappa shape index (κ3) is 3.89. The Morgan fingerprint density at radius 2 is 1.81 bits per heavy atom. The SMILES string of the molecule is CC(OC(=O)Cc1n[nH]c(=O)c2ccccc12)C(=O)c1ccc(F)c(F)c1. The molecule has 0 spiro atoms. The summed E-state index contributed by atoms with van der Waals surface area (Å²) in [4.78, 5) is 36.1. The summed E-state index contributed by atoms with van der Waals surface area (Å²) in [5.41, 5.74) is -0.200. The number of aromatic nitrogens is 2. The fraction of sp³-hybridized carbons (Fsp3) is 0.158. The highest BCUT2D eigenvalue weighted by Crippen LogP contribution is 2.15. The number of rotatable bonds is 5. The minimum atomic E-state index is -1.20. The van der Waals surface area contributed by atoms with Crippen LogP contribution in [0.1, 0.15) is 23.0 Å². The Morgan fingerprint density at radius 3 is 2.52 bits per heavy atom. The van der Waals surface area contributed by atoms with E-state index >= 15 is 0 Å². The number of fused-ring (bicyclic) bond motifs is 1. The van der Waals surface area contributed by atoms with Gasteiger partial charge in [0.1, 0.15) is 0 Å². The number of nitrogens with zero attached hydrogens (tertiary/aromatic N) is 1. The van der Waals surface area contributed by atoms with E-state index in [1.54, 1.807) is 24.3 Å². The molecule has 0 aliphatic heterocycles. The number of halogens is 2. The summed E-state index contributed by atoms with van der Waals surface area (Å²) >= 11 is 0. The number of nitrogens with one attached hydrogen (secondary N) is 1. The molecule has 1 atom stereocenters. The van der Waals surface area contributed by atoms with Crippen molar-refractivity contribution in [2.75, 3.05) is 0 Å². The minimum absolute atomic E-state index is 0.109. The van der Waals surface area contributed by atoms with E-state index in [1.165, 1.54) is 6.92 Å². The summed E-state index contributed by atoms with van der Waals surface area (Å²) in [6.07, 6.45) is -1.47. The first-order valence-electron chi connectivity index (χ1n) is 8.02. The van der Waals surface area contributed by atoms with Gasteiger partial charge in [-0.25, -0.2) is 13.9 Å². The Bertz CT molecular complexity index is 1090. The van der Waals surface area contributed by atoms with Crippen LogP contribution >= 0.6 is 0 Å². The Hall–Kier alpha value is -3.42. The molecule has 1 aromatic heterocycles. The number of carbonyl (C=O) groups excluding carboxylic acids is 2. The minimum Gasteiger partial charge on any atom is -0.454 e. The maximum Gasteiger partial charge on any atom is 0.312 e. The fourth-order valence-electron chi connectivity index (χ4n) is 2.62. The number of H-pyrrole nitrogens is 1. The molecule has 6 nitrogen and oxygen atoms in total. The van der Waals surface area contributed by atoms with E-state index < -0.39 is 29.5 Å². The van der Waals surface area contributed by atoms with Crippen molar-refractivity contribution >= 4 is 22.5 Å². The van der Waals surface area contributed by atoms with E-state index in [4.69, 9.17) is 4.74 Å². The molecule has 27 heavy (non-hydrogen) atoms. The molecule has 3 aromatic rings. The number of esters is 1. The number of Topliss-reactive ketones (excluding diaryl/α,β-unsaturated/α-hetero) is 1. The Kier molecular flexibility index (Phi) is 5.07. The molecule has 8 heteroatoms. The maximum absolute atomic E-state index is 13.3. The molecular weight excluding hydrogens is 358 g/mol. The molecule has 1 N–H and O–H groups in total. The van der Waals surface area contributed by atoms with E-state index in [1.807, 2.05) is 0 Å². The van der Waals surface area contributed by atoms with Gasteiger partial charge in [0.05, 0.1) is 17.5 Å². The van der Waals surface area contributed by atoms with Gasteiger partial charge in [-0.15, -0.1) is 0 Å². The molecule has 3 rings (SSSR count). The molecule has 2 aromatic carbocycles. The highest BCUT2D eigenvalue weighted by atomic mass is 19.2. The van der Waals surface area contributed by atoms with Gasteiger partial charge in [-0.2, -0.15) is 5.10 Å². The molecular formula is C19H14F2N2O4. The van der Waals surface area contributed by atoms with Crippen LogP contribution in [0.2, 0.25) is 0 Å². The predicted octanol–water partition coefficient (Wildman–Crippen LogP) is 2.56. The molecule has 0 amide bonds. The van der Waals surface area contributed by atoms with Gasteiger partial charge in [-0.1, -0.05) is 18.2 Å². The molecule has 0 aliphatic rings. The summed E-state index contributed by atoms with van der Waals surface area (Å²) in [6, 6.07) is 9.32. The topological polar surface area (TPSA) is 89.1 Å². The van der Waals surface area contributed by atoms with Crippen molar-refractivity contribution in [1.82, 2.24) is 10.2 Å². The van der Waals surface area contributed by atoms with E-state index in [-0.39, 0.29) is 17.5 Å². The number of ether oxygens (including phenoxy) is 1. The number of ketones is 1. The Labute approximate surface area is 151 Å². The maximum atomic E-state index is 13.3. The zero-order valence-electron chi connectivity index (χ0n) is 14.2. The third-order valence-corrected chi connectivity index (χ3v) is 3.97. The molecule has 0 fully saturated rings. The summed E-state index contributed by atoms with van der Waals surface area (Å²) in [7, 11) is 0. The Morgan fingerprint density at radius 1 is 1.11 bits per heavy atom. The van der Waals surface area contributed by atoms with Gasteiger partial charge < -0.3 is 4.74 Å². The lowest BCUT2D eigenvalue weighted by Gasteiger charge is -2.13. The van der Waals surface area contributed by atoms with Crippen molar-refractivity contribution in [3.63, 3.8) is 0 Å². The number of hydrogen-bond donors (Lipinski definition) is 1. The lowest BCUT2D eigenvalue weighted by atomic mass is 10.1. The third-order valence-electron chi connectivity index (χ3n) is 3.97. The van der Waals surface area contributed by atoms with Gasteiger partial charge in [0.15, 0.2) is 17.7 Å². The molecule has 0 saturated carbocycles. The van der Waals surface area contributed by atoms with E-state index in [0.717, 1.165) is 18.2 Å². The van der Waals surface area contributed by atoms with Crippen LogP contribution in [0.15, 0.2) is 47.3 Å². The summed E-state index contributed by atoms with van der Waals surface area (Å²) in [5, 5.41) is 7.04. The average molecular weight is 372 g/mol. The van der Waals surface area contributed by atoms with Crippen molar-refractivity contribution in [1.29, 1.82) is 0 Å². The van der Waals surface area contributed by atoms with Gasteiger partial charge in [0.25, 0.3) is 5.56 Å². The lowest BCUT2D eigenvalue weighted by Crippen LogP contribution is -2.26. The molecule has 0 bridgehead atoms. The molecule has 138 valence electrons. The van der Waals surface area contributed by atoms with Crippen LogP contribution in [0.5, 0.6) is 0 Å². The fourth-order valence-corrected chi connectivity index (χ4v) is 2.62. The molecule has 0 saturated heterocycles. The van der Waals surface area contributed by atoms with Gasteiger partial charge in [-0.05, 0) is 31.2 Å². The first-order valence-corrected chi connectivity index (χ1v) is 8.02. The van der Waals surface area contributed by atoms with E-state index in [0.29, 0.717) is 16.5 Å². The summed E-state index contributed by atoms with van der Waals surface area (Å²) < 4.78 is 31.3. The van der Waals surface area contributed by atoms with Gasteiger partial charge in [-0.3, -0.25) is 14.4 Å². The van der Waals surface area contributed by atoms with Crippen molar-refractivity contribution in [2.24, 2.45) is 0 Å². The van der Waals surface area contributed by atoms with Crippen molar-refractivity contribution in [3.05, 3.63) is 75.7 Å². The average Bonchev–Trinajstić information content (AvgIpc) is 2.66. The first-order chi connectivity index (χ1) is 12.9. The number of aromatic amines is 1. The second-order valence-corrected chi connectivity index (χ2v) is 5.85. The standard InChI is InChI=1S/C19H14F2N2O4/c1-10(18(25)11-6-7-14(20)15(21)8-11)27-17(24)9-16-12-4-2-3-5-13(12)19(26)23-22-16/h2-8,10H,9H2,1H3,(H,23,26). The van der Waals surface area contributed by atoms with Crippen molar-refractivity contribution < 1.29 is 23.1 Å². The largest absolute Gasteiger partial charge is 0.454 e. The predicted molar refractivity (Wildman–Crippen MR) is 92.3 cm³/mol. The molecule has 1 heterocycles. The molecule has 0 radical (unpaired) electrons. The number of hydrogen-bond acceptors (Lipinski definition) is 5. The Balaban J connectivity index is 1.74. The zero-order valence-corrected chi connectivity index (χ0v) is 14.2. The van der Waals surface area contributed by atoms with E-state index in [2.05, 4.69) is 10.2 Å². The van der Waals surface area contributed by atoms with Crippen LogP contribution in [0.3, 0.4) is 0 Å². The molecule has 0 aliphatic carbocycles. The van der Waals surface area contributed by atoms with Gasteiger partial charge in [0.2, 0.25) is 5.78 Å². The molecule has 1 unspecified atom stereocenters. The van der Waals surface area contributed by atoms with Crippen LogP contribution in [-0.2, 0) is 16.0 Å². The van der Waals surface area contributed by atoms with Crippen LogP contribution in [0.25, 0.3) is 10.8 Å². The van der Waals surface area contributed by atoms with Crippen molar-refractivity contribution in [2.45, 2.75) is 19.4 Å². The van der Waals surface area contributed by atoms with Crippen LogP contribution in [-0.4, -0.2) is 28.1 Å². The van der Waals surface area contributed by atoms with Crippen molar-refractivity contribution in [3.8, 4) is 0 Å². The van der Waals surface area contributed by atoms with Crippen LogP contribution < -0.4 is 5.56 Å². The second kappa shape index (κ2) is 7.45. The smallest absolute Gasteiger partial charge is 0.312 e.